The number of rotatable bonds is 3. The van der Waals surface area contributed by atoms with E-state index in [2.05, 4.69) is 12.1 Å². The zero-order valence-corrected chi connectivity index (χ0v) is 15.1. The Hall–Kier alpha value is -2.51. The van der Waals surface area contributed by atoms with Crippen LogP contribution in [0.5, 0.6) is 11.5 Å². The van der Waals surface area contributed by atoms with E-state index in [0.29, 0.717) is 6.16 Å². The van der Waals surface area contributed by atoms with Crippen molar-refractivity contribution in [3.05, 3.63) is 72.3 Å². The molecule has 3 aromatic carbocycles. The molecule has 4 rings (SSSR count). The van der Waals surface area contributed by atoms with E-state index < -0.39 is 7.14 Å². The minimum Gasteiger partial charge on any atom is -0.497 e. The van der Waals surface area contributed by atoms with Crippen LogP contribution in [-0.2, 0) is 10.7 Å². The van der Waals surface area contributed by atoms with Crippen LogP contribution in [0.15, 0.2) is 66.7 Å². The van der Waals surface area contributed by atoms with E-state index in [-0.39, 0.29) is 0 Å². The summed E-state index contributed by atoms with van der Waals surface area (Å²) in [7, 11) is 0.527. The van der Waals surface area contributed by atoms with Gasteiger partial charge in [0.05, 0.1) is 14.2 Å². The molecule has 3 nitrogen and oxygen atoms in total. The highest BCUT2D eigenvalue weighted by molar-refractivity contribution is 7.78. The van der Waals surface area contributed by atoms with Gasteiger partial charge in [0.2, 0.25) is 0 Å². The SMILES string of the molecule is COc1ccc(P2(=O)Cc3ccccc3-c3cc(OC)ccc32)cc1. The fourth-order valence-electron chi connectivity index (χ4n) is 3.47. The first-order chi connectivity index (χ1) is 12.2. The first-order valence-corrected chi connectivity index (χ1v) is 10.1. The van der Waals surface area contributed by atoms with Crippen LogP contribution in [0.25, 0.3) is 11.1 Å². The number of ether oxygens (including phenoxy) is 2. The van der Waals surface area contributed by atoms with E-state index >= 15 is 0 Å². The molecule has 0 radical (unpaired) electrons. The zero-order chi connectivity index (χ0) is 17.4. The Bertz CT molecular complexity index is 977. The molecule has 25 heavy (non-hydrogen) atoms. The van der Waals surface area contributed by atoms with E-state index in [1.54, 1.807) is 14.2 Å². The average molecular weight is 350 g/mol. The molecule has 1 heterocycles. The molecule has 0 bridgehead atoms. The van der Waals surface area contributed by atoms with Gasteiger partial charge in [0.25, 0.3) is 0 Å². The van der Waals surface area contributed by atoms with Gasteiger partial charge in [0.15, 0.2) is 0 Å². The average Bonchev–Trinajstić information content (AvgIpc) is 2.68. The van der Waals surface area contributed by atoms with Crippen LogP contribution in [-0.4, -0.2) is 14.2 Å². The highest BCUT2D eigenvalue weighted by Crippen LogP contribution is 2.54. The van der Waals surface area contributed by atoms with Crippen LogP contribution in [0.1, 0.15) is 5.56 Å². The quantitative estimate of drug-likeness (QED) is 0.664. The number of methoxy groups -OCH3 is 2. The molecule has 0 saturated carbocycles. The molecule has 1 unspecified atom stereocenters. The summed E-state index contributed by atoms with van der Waals surface area (Å²) < 4.78 is 24.8. The van der Waals surface area contributed by atoms with E-state index in [1.165, 1.54) is 0 Å². The highest BCUT2D eigenvalue weighted by Gasteiger charge is 2.35. The fourth-order valence-corrected chi connectivity index (χ4v) is 6.38. The van der Waals surface area contributed by atoms with Gasteiger partial charge in [-0.3, -0.25) is 0 Å². The highest BCUT2D eigenvalue weighted by atomic mass is 31.2. The van der Waals surface area contributed by atoms with Crippen LogP contribution in [0, 0.1) is 0 Å². The van der Waals surface area contributed by atoms with Gasteiger partial charge in [-0.1, -0.05) is 24.3 Å². The maximum Gasteiger partial charge on any atom is 0.148 e. The number of fused-ring (bicyclic) bond motifs is 3. The second-order valence-electron chi connectivity index (χ2n) is 6.14. The maximum atomic E-state index is 14.1. The third-order valence-corrected chi connectivity index (χ3v) is 7.87. The molecule has 0 amide bonds. The third kappa shape index (κ3) is 2.56. The standard InChI is InChI=1S/C21H19O3P/c1-23-16-7-10-18(11-8-16)25(22)14-15-5-3-4-6-19(15)20-13-17(24-2)9-12-21(20)25/h3-13H,14H2,1-2H3. The van der Waals surface area contributed by atoms with Crippen molar-refractivity contribution in [2.75, 3.05) is 14.2 Å². The van der Waals surface area contributed by atoms with Crippen molar-refractivity contribution in [1.82, 2.24) is 0 Å². The number of hydrogen-bond donors (Lipinski definition) is 0. The lowest BCUT2D eigenvalue weighted by Gasteiger charge is -2.29. The molecule has 4 heteroatoms. The maximum absolute atomic E-state index is 14.1. The molecule has 0 saturated heterocycles. The van der Waals surface area contributed by atoms with Gasteiger partial charge in [-0.25, -0.2) is 0 Å². The second kappa shape index (κ2) is 6.09. The fraction of sp³-hybridized carbons (Fsp3) is 0.143. The Morgan fingerprint density at radius 1 is 0.800 bits per heavy atom. The first kappa shape index (κ1) is 16.0. The normalized spacial score (nSPS) is 18.2. The third-order valence-electron chi connectivity index (χ3n) is 4.78. The summed E-state index contributed by atoms with van der Waals surface area (Å²) >= 11 is 0. The van der Waals surface area contributed by atoms with Gasteiger partial charge in [0, 0.05) is 16.8 Å². The predicted octanol–water partition coefficient (Wildman–Crippen LogP) is 4.20. The molecular formula is C21H19O3P. The Kier molecular flexibility index (Phi) is 3.89. The Labute approximate surface area is 147 Å². The van der Waals surface area contributed by atoms with Crippen molar-refractivity contribution in [2.24, 2.45) is 0 Å². The number of benzene rings is 3. The summed E-state index contributed by atoms with van der Waals surface area (Å²) in [4.78, 5) is 0. The van der Waals surface area contributed by atoms with Gasteiger partial charge in [-0.2, -0.15) is 0 Å². The molecule has 126 valence electrons. The van der Waals surface area contributed by atoms with Gasteiger partial charge >= 0.3 is 0 Å². The Balaban J connectivity index is 1.95. The van der Waals surface area contributed by atoms with Crippen molar-refractivity contribution in [1.29, 1.82) is 0 Å². The van der Waals surface area contributed by atoms with Crippen LogP contribution < -0.4 is 20.1 Å². The van der Waals surface area contributed by atoms with Crippen LogP contribution in [0.3, 0.4) is 0 Å². The predicted molar refractivity (Wildman–Crippen MR) is 102 cm³/mol. The van der Waals surface area contributed by atoms with Crippen molar-refractivity contribution in [3.8, 4) is 22.6 Å². The van der Waals surface area contributed by atoms with E-state index in [0.717, 1.165) is 38.8 Å². The van der Waals surface area contributed by atoms with Crippen molar-refractivity contribution in [2.45, 2.75) is 6.16 Å². The van der Waals surface area contributed by atoms with Crippen molar-refractivity contribution >= 4 is 17.8 Å². The molecule has 3 aromatic rings. The van der Waals surface area contributed by atoms with E-state index in [9.17, 15) is 4.57 Å². The van der Waals surface area contributed by atoms with Crippen LogP contribution in [0.2, 0.25) is 0 Å². The van der Waals surface area contributed by atoms with Gasteiger partial charge in [-0.05, 0) is 59.2 Å². The molecule has 0 aliphatic carbocycles. The topological polar surface area (TPSA) is 35.5 Å². The largest absolute Gasteiger partial charge is 0.497 e. The van der Waals surface area contributed by atoms with Crippen molar-refractivity contribution in [3.63, 3.8) is 0 Å². The van der Waals surface area contributed by atoms with Crippen LogP contribution >= 0.6 is 7.14 Å². The molecule has 1 atom stereocenters. The van der Waals surface area contributed by atoms with E-state index in [1.807, 2.05) is 54.6 Å². The Morgan fingerprint density at radius 3 is 2.20 bits per heavy atom. The van der Waals surface area contributed by atoms with Crippen molar-refractivity contribution < 1.29 is 14.0 Å². The summed E-state index contributed by atoms with van der Waals surface area (Å²) in [6.07, 6.45) is 0.537. The summed E-state index contributed by atoms with van der Waals surface area (Å²) in [5, 5.41) is 1.76. The summed E-state index contributed by atoms with van der Waals surface area (Å²) in [6.45, 7) is 0. The van der Waals surface area contributed by atoms with Gasteiger partial charge in [-0.15, -0.1) is 0 Å². The summed E-state index contributed by atoms with van der Waals surface area (Å²) in [6, 6.07) is 21.6. The lowest BCUT2D eigenvalue weighted by Crippen LogP contribution is -2.23. The lowest BCUT2D eigenvalue weighted by atomic mass is 10.00. The minimum absolute atomic E-state index is 0.537. The van der Waals surface area contributed by atoms with Gasteiger partial charge in [0.1, 0.15) is 18.6 Å². The molecule has 0 fully saturated rings. The molecule has 1 aliphatic rings. The summed E-state index contributed by atoms with van der Waals surface area (Å²) in [5.41, 5.74) is 3.25. The molecule has 0 aromatic heterocycles. The molecular weight excluding hydrogens is 331 g/mol. The zero-order valence-electron chi connectivity index (χ0n) is 14.2. The lowest BCUT2D eigenvalue weighted by molar-refractivity contribution is 0.415. The summed E-state index contributed by atoms with van der Waals surface area (Å²) in [5.74, 6) is 1.54. The number of hydrogen-bond acceptors (Lipinski definition) is 3. The smallest absolute Gasteiger partial charge is 0.148 e. The van der Waals surface area contributed by atoms with E-state index in [4.69, 9.17) is 9.47 Å². The molecule has 0 spiro atoms. The minimum atomic E-state index is -2.76. The van der Waals surface area contributed by atoms with Crippen LogP contribution in [0.4, 0.5) is 0 Å². The monoisotopic (exact) mass is 350 g/mol. The Morgan fingerprint density at radius 2 is 1.48 bits per heavy atom. The molecule has 1 aliphatic heterocycles. The molecule has 0 N–H and O–H groups in total. The first-order valence-electron chi connectivity index (χ1n) is 8.16. The second-order valence-corrected chi connectivity index (χ2v) is 8.93. The van der Waals surface area contributed by atoms with Gasteiger partial charge < -0.3 is 14.0 Å².